The van der Waals surface area contributed by atoms with Crippen LogP contribution in [0.2, 0.25) is 0 Å². The van der Waals surface area contributed by atoms with Gasteiger partial charge in [0.05, 0.1) is 12.1 Å². The first kappa shape index (κ1) is 17.1. The molecule has 1 aromatic rings. The van der Waals surface area contributed by atoms with Gasteiger partial charge in [-0.3, -0.25) is 4.79 Å². The van der Waals surface area contributed by atoms with Gasteiger partial charge in [-0.05, 0) is 33.4 Å². The number of amides is 1. The summed E-state index contributed by atoms with van der Waals surface area (Å²) in [5.74, 6) is 0.429. The maximum Gasteiger partial charge on any atom is 0.245 e. The van der Waals surface area contributed by atoms with E-state index >= 15 is 0 Å². The predicted molar refractivity (Wildman–Crippen MR) is 94.2 cm³/mol. The zero-order chi connectivity index (χ0) is 18.0. The highest BCUT2D eigenvalue weighted by atomic mass is 19.1. The van der Waals surface area contributed by atoms with Crippen molar-refractivity contribution in [2.24, 2.45) is 10.9 Å². The van der Waals surface area contributed by atoms with E-state index in [1.807, 2.05) is 19.2 Å². The van der Waals surface area contributed by atoms with Crippen molar-refractivity contribution in [3.8, 4) is 0 Å². The molecule has 0 saturated carbocycles. The fourth-order valence-electron chi connectivity index (χ4n) is 2.73. The molecule has 1 amide bonds. The van der Waals surface area contributed by atoms with E-state index in [2.05, 4.69) is 30.9 Å². The number of hydrogen-bond acceptors (Lipinski definition) is 6. The number of carbonyl (C=O) groups is 1. The zero-order valence-corrected chi connectivity index (χ0v) is 14.4. The Balaban J connectivity index is 1.84. The number of nitrogens with one attached hydrogen (secondary N) is 3. The Bertz CT molecular complexity index is 783. The van der Waals surface area contributed by atoms with Gasteiger partial charge in [-0.25, -0.2) is 19.4 Å². The number of hydrogen-bond donors (Lipinski definition) is 3. The molecule has 0 radical (unpaired) electrons. The molecule has 2 aliphatic heterocycles. The van der Waals surface area contributed by atoms with E-state index in [1.165, 1.54) is 0 Å². The van der Waals surface area contributed by atoms with Crippen LogP contribution in [0.15, 0.2) is 29.7 Å². The smallest absolute Gasteiger partial charge is 0.245 e. The second-order valence-corrected chi connectivity index (χ2v) is 6.43. The summed E-state index contributed by atoms with van der Waals surface area (Å²) in [5, 5.41) is 8.69. The maximum atomic E-state index is 14.2. The normalized spacial score (nSPS) is 18.8. The van der Waals surface area contributed by atoms with E-state index in [9.17, 15) is 9.18 Å². The van der Waals surface area contributed by atoms with Crippen LogP contribution in [0.5, 0.6) is 0 Å². The van der Waals surface area contributed by atoms with Gasteiger partial charge in [-0.15, -0.1) is 0 Å². The highest BCUT2D eigenvalue weighted by Gasteiger charge is 2.31. The summed E-state index contributed by atoms with van der Waals surface area (Å²) in [4.78, 5) is 24.9. The summed E-state index contributed by atoms with van der Waals surface area (Å²) in [6.07, 6.45) is 7.45. The van der Waals surface area contributed by atoms with Crippen molar-refractivity contribution in [3.05, 3.63) is 36.3 Å². The highest BCUT2D eigenvalue weighted by molar-refractivity contribution is 6.00. The molecule has 0 aliphatic carbocycles. The van der Waals surface area contributed by atoms with Crippen LogP contribution in [-0.4, -0.2) is 33.8 Å². The molecule has 8 heteroatoms. The Hall–Kier alpha value is -2.77. The Morgan fingerprint density at radius 1 is 1.48 bits per heavy atom. The number of fused-ring (bicyclic) bond motifs is 1. The number of aromatic nitrogens is 2. The monoisotopic (exact) mass is 344 g/mol. The van der Waals surface area contributed by atoms with Crippen molar-refractivity contribution in [1.29, 1.82) is 0 Å². The number of halogens is 1. The molecule has 2 aliphatic rings. The van der Waals surface area contributed by atoms with E-state index in [0.717, 1.165) is 24.0 Å². The number of anilines is 1. The van der Waals surface area contributed by atoms with Crippen LogP contribution in [-0.2, 0) is 4.79 Å². The summed E-state index contributed by atoms with van der Waals surface area (Å²) < 4.78 is 14.2. The lowest BCUT2D eigenvalue weighted by molar-refractivity contribution is -0.124. The van der Waals surface area contributed by atoms with Crippen molar-refractivity contribution < 1.29 is 9.18 Å². The minimum absolute atomic E-state index is 0.00471. The van der Waals surface area contributed by atoms with Crippen LogP contribution in [0.1, 0.15) is 33.0 Å². The topological polar surface area (TPSA) is 91.3 Å². The number of aliphatic imine (C=N–C) groups is 1. The summed E-state index contributed by atoms with van der Waals surface area (Å²) in [6.45, 7) is 5.67. The fourth-order valence-corrected chi connectivity index (χ4v) is 2.73. The van der Waals surface area contributed by atoms with Gasteiger partial charge < -0.3 is 16.0 Å². The molecule has 0 aromatic carbocycles. The van der Waals surface area contributed by atoms with E-state index in [0.29, 0.717) is 12.4 Å². The van der Waals surface area contributed by atoms with E-state index in [-0.39, 0.29) is 17.6 Å². The van der Waals surface area contributed by atoms with Gasteiger partial charge in [0.2, 0.25) is 5.91 Å². The minimum atomic E-state index is -1.01. The number of nitrogens with zero attached hydrogens (tertiary/aromatic N) is 3. The summed E-state index contributed by atoms with van der Waals surface area (Å²) >= 11 is 0. The van der Waals surface area contributed by atoms with Gasteiger partial charge in [0, 0.05) is 18.3 Å². The van der Waals surface area contributed by atoms with Crippen LogP contribution in [0.25, 0.3) is 5.57 Å². The van der Waals surface area contributed by atoms with Crippen molar-refractivity contribution in [3.63, 3.8) is 0 Å². The maximum absolute atomic E-state index is 14.2. The third-order valence-corrected chi connectivity index (χ3v) is 4.11. The Kier molecular flexibility index (Phi) is 4.52. The molecule has 0 bridgehead atoms. The predicted octanol–water partition coefficient (Wildman–Crippen LogP) is 1.82. The molecule has 7 nitrogen and oxygen atoms in total. The van der Waals surface area contributed by atoms with Gasteiger partial charge in [0.25, 0.3) is 0 Å². The molecule has 0 fully saturated rings. The Labute approximate surface area is 145 Å². The first-order valence-corrected chi connectivity index (χ1v) is 8.21. The lowest BCUT2D eigenvalue weighted by Gasteiger charge is -2.26. The lowest BCUT2D eigenvalue weighted by Crippen LogP contribution is -2.48. The standard InChI is InChI=1S/C17H21FN6O/c1-4-19-16(25)17(2,3)24-15-12(18)9-22-14(23-15)11-8-21-13-10(11)6-5-7-20-13/h5,7-10H,4,6H2,1-3H3,(H,19,25)(H,20,21)(H,22,23,24). The lowest BCUT2D eigenvalue weighted by atomic mass is 9.94. The molecule has 1 unspecified atom stereocenters. The van der Waals surface area contributed by atoms with Crippen LogP contribution in [0.3, 0.4) is 0 Å². The van der Waals surface area contributed by atoms with Crippen molar-refractivity contribution in [2.75, 3.05) is 11.9 Å². The van der Waals surface area contributed by atoms with Crippen LogP contribution in [0.4, 0.5) is 10.2 Å². The number of likely N-dealkylation sites (N-methyl/N-ethyl adjacent to an activating group) is 1. The molecule has 1 aromatic heterocycles. The van der Waals surface area contributed by atoms with Gasteiger partial charge >= 0.3 is 0 Å². The van der Waals surface area contributed by atoms with Crippen LogP contribution in [0, 0.1) is 11.7 Å². The van der Waals surface area contributed by atoms with E-state index in [4.69, 9.17) is 0 Å². The van der Waals surface area contributed by atoms with Gasteiger partial charge in [0.1, 0.15) is 11.4 Å². The summed E-state index contributed by atoms with van der Waals surface area (Å²) in [6, 6.07) is 0. The van der Waals surface area contributed by atoms with Crippen molar-refractivity contribution in [1.82, 2.24) is 20.6 Å². The molecular formula is C17H21FN6O. The van der Waals surface area contributed by atoms with Gasteiger partial charge in [-0.1, -0.05) is 6.08 Å². The minimum Gasteiger partial charge on any atom is -0.354 e. The molecule has 25 heavy (non-hydrogen) atoms. The van der Waals surface area contributed by atoms with Crippen molar-refractivity contribution in [2.45, 2.75) is 32.7 Å². The fraction of sp³-hybridized carbons (Fsp3) is 0.412. The number of carbonyl (C=O) groups excluding carboxylic acids is 1. The van der Waals surface area contributed by atoms with Crippen LogP contribution < -0.4 is 16.0 Å². The SMILES string of the molecule is CCNC(=O)C(C)(C)Nc1nc(C2=CN=C3NC=CCC23)ncc1F. The number of rotatable bonds is 5. The zero-order valence-electron chi connectivity index (χ0n) is 14.4. The molecule has 3 rings (SSSR count). The molecule has 0 saturated heterocycles. The molecule has 0 spiro atoms. The summed E-state index contributed by atoms with van der Waals surface area (Å²) in [5.41, 5.74) is -0.186. The van der Waals surface area contributed by atoms with E-state index in [1.54, 1.807) is 20.0 Å². The average Bonchev–Trinajstić information content (AvgIpc) is 3.01. The first-order chi connectivity index (χ1) is 11.9. The van der Waals surface area contributed by atoms with Gasteiger partial charge in [0.15, 0.2) is 17.5 Å². The molecule has 132 valence electrons. The first-order valence-electron chi connectivity index (χ1n) is 8.21. The van der Waals surface area contributed by atoms with E-state index < -0.39 is 11.4 Å². The number of allylic oxidation sites excluding steroid dienone is 1. The molecule has 3 N–H and O–H groups in total. The van der Waals surface area contributed by atoms with Gasteiger partial charge in [-0.2, -0.15) is 0 Å². The van der Waals surface area contributed by atoms with Crippen molar-refractivity contribution >= 4 is 23.1 Å². The quantitative estimate of drug-likeness (QED) is 0.758. The highest BCUT2D eigenvalue weighted by Crippen LogP contribution is 2.32. The molecule has 3 heterocycles. The number of amidine groups is 1. The largest absolute Gasteiger partial charge is 0.354 e. The molecule has 1 atom stereocenters. The van der Waals surface area contributed by atoms with Crippen LogP contribution >= 0.6 is 0 Å². The Morgan fingerprint density at radius 2 is 2.28 bits per heavy atom. The third-order valence-electron chi connectivity index (χ3n) is 4.11. The summed E-state index contributed by atoms with van der Waals surface area (Å²) in [7, 11) is 0. The molecular weight excluding hydrogens is 323 g/mol. The second-order valence-electron chi connectivity index (χ2n) is 6.43. The average molecular weight is 344 g/mol. The Morgan fingerprint density at radius 3 is 3.04 bits per heavy atom. The second kappa shape index (κ2) is 6.62. The third kappa shape index (κ3) is 3.38.